The molecular weight excluding hydrogens is 242 g/mol. The van der Waals surface area contributed by atoms with Crippen LogP contribution >= 0.6 is 0 Å². The molecule has 0 radical (unpaired) electrons. The van der Waals surface area contributed by atoms with E-state index in [4.69, 9.17) is 5.11 Å². The summed E-state index contributed by atoms with van der Waals surface area (Å²) < 4.78 is 1.54. The van der Waals surface area contributed by atoms with Crippen LogP contribution in [0.25, 0.3) is 10.9 Å². The quantitative estimate of drug-likeness (QED) is 0.898. The minimum atomic E-state index is -0.982. The predicted octanol–water partition coefficient (Wildman–Crippen LogP) is 2.09. The van der Waals surface area contributed by atoms with Gasteiger partial charge >= 0.3 is 5.97 Å². The lowest BCUT2D eigenvalue weighted by atomic mass is 9.97. The number of aliphatic carboxylic acids is 1. The van der Waals surface area contributed by atoms with Crippen molar-refractivity contribution < 1.29 is 9.90 Å². The molecule has 0 unspecified atom stereocenters. The summed E-state index contributed by atoms with van der Waals surface area (Å²) in [5.74, 6) is -0.982. The van der Waals surface area contributed by atoms with E-state index in [0.717, 1.165) is 27.6 Å². The fourth-order valence-electron chi connectivity index (χ4n) is 2.68. The Morgan fingerprint density at radius 2 is 1.89 bits per heavy atom. The van der Waals surface area contributed by atoms with Gasteiger partial charge in [-0.15, -0.1) is 0 Å². The van der Waals surface area contributed by atoms with Crippen LogP contribution in [0.15, 0.2) is 16.9 Å². The number of rotatable bonds is 2. The Balaban J connectivity index is 2.96. The van der Waals surface area contributed by atoms with Crippen molar-refractivity contribution in [1.82, 2.24) is 4.57 Å². The van der Waals surface area contributed by atoms with Gasteiger partial charge < -0.3 is 9.67 Å². The molecule has 4 heteroatoms. The van der Waals surface area contributed by atoms with Crippen molar-refractivity contribution in [3.05, 3.63) is 44.7 Å². The first kappa shape index (κ1) is 13.3. The molecule has 1 heterocycles. The molecule has 0 saturated carbocycles. The van der Waals surface area contributed by atoms with Crippen molar-refractivity contribution in [2.45, 2.75) is 27.2 Å². The summed E-state index contributed by atoms with van der Waals surface area (Å²) >= 11 is 0. The minimum Gasteiger partial charge on any atom is -0.481 e. The van der Waals surface area contributed by atoms with E-state index in [-0.39, 0.29) is 12.0 Å². The first-order valence-electron chi connectivity index (χ1n) is 6.14. The van der Waals surface area contributed by atoms with Gasteiger partial charge in [0.25, 0.3) is 5.56 Å². The first-order chi connectivity index (χ1) is 8.82. The number of carboxylic acid groups (broad SMARTS) is 1. The number of carboxylic acids is 1. The summed E-state index contributed by atoms with van der Waals surface area (Å²) in [4.78, 5) is 23.2. The van der Waals surface area contributed by atoms with E-state index in [9.17, 15) is 9.59 Å². The topological polar surface area (TPSA) is 59.3 Å². The molecule has 0 spiro atoms. The molecular formula is C15H17NO3. The Morgan fingerprint density at radius 3 is 2.47 bits per heavy atom. The Morgan fingerprint density at radius 1 is 1.26 bits per heavy atom. The van der Waals surface area contributed by atoms with Crippen LogP contribution in [0.1, 0.15) is 22.3 Å². The van der Waals surface area contributed by atoms with E-state index in [2.05, 4.69) is 0 Å². The van der Waals surface area contributed by atoms with Gasteiger partial charge in [-0.25, -0.2) is 0 Å². The third-order valence-electron chi connectivity index (χ3n) is 3.54. The molecule has 0 aliphatic rings. The van der Waals surface area contributed by atoms with Gasteiger partial charge in [-0.2, -0.15) is 0 Å². The maximum Gasteiger partial charge on any atom is 0.308 e. The summed E-state index contributed by atoms with van der Waals surface area (Å²) in [5, 5.41) is 9.92. The van der Waals surface area contributed by atoms with E-state index >= 15 is 0 Å². The van der Waals surface area contributed by atoms with E-state index in [1.54, 1.807) is 11.6 Å². The van der Waals surface area contributed by atoms with Gasteiger partial charge in [-0.3, -0.25) is 9.59 Å². The third kappa shape index (κ3) is 2.14. The smallest absolute Gasteiger partial charge is 0.308 e. The number of hydrogen-bond donors (Lipinski definition) is 1. The Bertz CT molecular complexity index is 741. The lowest BCUT2D eigenvalue weighted by Gasteiger charge is -2.15. The molecule has 19 heavy (non-hydrogen) atoms. The SMILES string of the molecule is Cc1cc(C)c2c(C)c(CC(=O)O)c(=O)n(C)c2c1. The van der Waals surface area contributed by atoms with Crippen LogP contribution < -0.4 is 5.56 Å². The third-order valence-corrected chi connectivity index (χ3v) is 3.54. The molecule has 2 rings (SSSR count). The van der Waals surface area contributed by atoms with Gasteiger partial charge in [0.2, 0.25) is 0 Å². The fourth-order valence-corrected chi connectivity index (χ4v) is 2.68. The lowest BCUT2D eigenvalue weighted by Crippen LogP contribution is -2.25. The number of fused-ring (bicyclic) bond motifs is 1. The van der Waals surface area contributed by atoms with Crippen LogP contribution in [0.4, 0.5) is 0 Å². The summed E-state index contributed by atoms with van der Waals surface area (Å²) in [6.45, 7) is 5.79. The molecule has 0 amide bonds. The second-order valence-electron chi connectivity index (χ2n) is 5.01. The lowest BCUT2D eigenvalue weighted by molar-refractivity contribution is -0.136. The molecule has 1 N–H and O–H groups in total. The largest absolute Gasteiger partial charge is 0.481 e. The van der Waals surface area contributed by atoms with Crippen molar-refractivity contribution in [2.75, 3.05) is 0 Å². The van der Waals surface area contributed by atoms with Gasteiger partial charge in [-0.05, 0) is 43.5 Å². The molecule has 0 saturated heterocycles. The normalized spacial score (nSPS) is 10.9. The van der Waals surface area contributed by atoms with E-state index in [1.165, 1.54) is 0 Å². The Hall–Kier alpha value is -2.10. The zero-order valence-corrected chi connectivity index (χ0v) is 11.6. The van der Waals surface area contributed by atoms with E-state index in [0.29, 0.717) is 5.56 Å². The van der Waals surface area contributed by atoms with Crippen molar-refractivity contribution in [1.29, 1.82) is 0 Å². The zero-order valence-electron chi connectivity index (χ0n) is 11.6. The van der Waals surface area contributed by atoms with Crippen LogP contribution in [0.5, 0.6) is 0 Å². The van der Waals surface area contributed by atoms with Crippen molar-refractivity contribution in [3.8, 4) is 0 Å². The second-order valence-corrected chi connectivity index (χ2v) is 5.01. The molecule has 4 nitrogen and oxygen atoms in total. The van der Waals surface area contributed by atoms with Crippen molar-refractivity contribution >= 4 is 16.9 Å². The molecule has 0 bridgehead atoms. The average Bonchev–Trinajstić information content (AvgIpc) is 2.30. The number of benzene rings is 1. The highest BCUT2D eigenvalue weighted by molar-refractivity contribution is 5.88. The molecule has 0 atom stereocenters. The Labute approximate surface area is 111 Å². The van der Waals surface area contributed by atoms with E-state index in [1.807, 2.05) is 32.9 Å². The van der Waals surface area contributed by atoms with Crippen molar-refractivity contribution in [3.63, 3.8) is 0 Å². The number of nitrogens with zero attached hydrogens (tertiary/aromatic N) is 1. The van der Waals surface area contributed by atoms with Gasteiger partial charge in [-0.1, -0.05) is 6.07 Å². The van der Waals surface area contributed by atoms with Crippen LogP contribution in [-0.2, 0) is 18.3 Å². The summed E-state index contributed by atoms with van der Waals surface area (Å²) in [6.07, 6.45) is -0.234. The maximum atomic E-state index is 12.3. The summed E-state index contributed by atoms with van der Waals surface area (Å²) in [5.41, 5.74) is 3.93. The summed E-state index contributed by atoms with van der Waals surface area (Å²) in [6, 6.07) is 4.01. The number of aromatic nitrogens is 1. The highest BCUT2D eigenvalue weighted by Gasteiger charge is 2.16. The zero-order chi connectivity index (χ0) is 14.3. The monoisotopic (exact) mass is 259 g/mol. The van der Waals surface area contributed by atoms with E-state index < -0.39 is 5.97 Å². The van der Waals surface area contributed by atoms with Crippen molar-refractivity contribution in [2.24, 2.45) is 7.05 Å². The summed E-state index contributed by atoms with van der Waals surface area (Å²) in [7, 11) is 1.69. The molecule has 1 aromatic heterocycles. The highest BCUT2D eigenvalue weighted by atomic mass is 16.4. The standard InChI is InChI=1S/C15H17NO3/c1-8-5-9(2)14-10(3)11(7-13(17)18)15(19)16(4)12(14)6-8/h5-6H,7H2,1-4H3,(H,17,18). The number of aryl methyl sites for hydroxylation is 4. The van der Waals surface area contributed by atoms with Gasteiger partial charge in [0, 0.05) is 18.0 Å². The molecule has 100 valence electrons. The molecule has 2 aromatic rings. The number of pyridine rings is 1. The Kier molecular flexibility index (Phi) is 3.18. The fraction of sp³-hybridized carbons (Fsp3) is 0.333. The molecule has 0 fully saturated rings. The van der Waals surface area contributed by atoms with Crippen LogP contribution in [0, 0.1) is 20.8 Å². The number of hydrogen-bond acceptors (Lipinski definition) is 2. The number of carbonyl (C=O) groups is 1. The highest BCUT2D eigenvalue weighted by Crippen LogP contribution is 2.24. The van der Waals surface area contributed by atoms with Crippen LogP contribution in [0.2, 0.25) is 0 Å². The van der Waals surface area contributed by atoms with Gasteiger partial charge in [0.1, 0.15) is 0 Å². The molecule has 0 aliphatic carbocycles. The maximum absolute atomic E-state index is 12.3. The predicted molar refractivity (Wildman–Crippen MR) is 74.7 cm³/mol. The minimum absolute atomic E-state index is 0.225. The van der Waals surface area contributed by atoms with Crippen LogP contribution in [-0.4, -0.2) is 15.6 Å². The van der Waals surface area contributed by atoms with Crippen LogP contribution in [0.3, 0.4) is 0 Å². The molecule has 0 aliphatic heterocycles. The van der Waals surface area contributed by atoms with Gasteiger partial charge in [0.15, 0.2) is 0 Å². The second kappa shape index (κ2) is 4.53. The average molecular weight is 259 g/mol. The first-order valence-corrected chi connectivity index (χ1v) is 6.14. The van der Waals surface area contributed by atoms with Gasteiger partial charge in [0.05, 0.1) is 11.9 Å². The molecule has 1 aromatic carbocycles.